The summed E-state index contributed by atoms with van der Waals surface area (Å²) in [5.41, 5.74) is 2.16. The summed E-state index contributed by atoms with van der Waals surface area (Å²) in [5, 5.41) is 13.9. The van der Waals surface area contributed by atoms with E-state index < -0.39 is 18.3 Å². The van der Waals surface area contributed by atoms with Crippen molar-refractivity contribution < 1.29 is 14.0 Å². The molecule has 0 N–H and O–H groups in total. The molecule has 0 saturated carbocycles. The largest absolute Gasteiger partial charge is 0.618 e. The van der Waals surface area contributed by atoms with Crippen molar-refractivity contribution in [2.45, 2.75) is 38.9 Å². The smallest absolute Gasteiger partial charge is 0.495 e. The molecule has 1 aromatic heterocycles. The van der Waals surface area contributed by atoms with Gasteiger partial charge in [0.1, 0.15) is 0 Å². The minimum Gasteiger partial charge on any atom is -0.618 e. The molecule has 0 aliphatic carbocycles. The molecule has 0 amide bonds. The zero-order valence-electron chi connectivity index (χ0n) is 15.5. The molecule has 4 nitrogen and oxygen atoms in total. The van der Waals surface area contributed by atoms with Crippen LogP contribution in [0.5, 0.6) is 0 Å². The molecule has 1 aliphatic heterocycles. The number of fused-ring (bicyclic) bond motifs is 1. The zero-order chi connectivity index (χ0) is 18.5. The van der Waals surface area contributed by atoms with E-state index in [4.69, 9.17) is 9.31 Å². The van der Waals surface area contributed by atoms with Crippen molar-refractivity contribution >= 4 is 23.5 Å². The van der Waals surface area contributed by atoms with Crippen molar-refractivity contribution in [3.05, 3.63) is 65.9 Å². The number of rotatable bonds is 2. The summed E-state index contributed by atoms with van der Waals surface area (Å²) in [4.78, 5) is 0. The van der Waals surface area contributed by atoms with Crippen LogP contribution in [-0.4, -0.2) is 18.3 Å². The van der Waals surface area contributed by atoms with Crippen molar-refractivity contribution in [3.8, 4) is 11.3 Å². The van der Waals surface area contributed by atoms with Gasteiger partial charge in [0.2, 0.25) is 11.2 Å². The molecule has 1 fully saturated rings. The Morgan fingerprint density at radius 2 is 1.46 bits per heavy atom. The maximum Gasteiger partial charge on any atom is 0.495 e. The number of hydrogen-bond donors (Lipinski definition) is 0. The maximum absolute atomic E-state index is 13.0. The number of hydrogen-bond acceptors (Lipinski definition) is 3. The van der Waals surface area contributed by atoms with E-state index in [1.54, 1.807) is 0 Å². The van der Waals surface area contributed by atoms with Gasteiger partial charge < -0.3 is 14.5 Å². The van der Waals surface area contributed by atoms with Gasteiger partial charge in [-0.2, -0.15) is 4.73 Å². The Labute approximate surface area is 154 Å². The van der Waals surface area contributed by atoms with E-state index in [-0.39, 0.29) is 0 Å². The molecule has 0 spiro atoms. The minimum atomic E-state index is -0.482. The fraction of sp³-hybridized carbons (Fsp3) is 0.286. The summed E-state index contributed by atoms with van der Waals surface area (Å²) in [6.45, 7) is 8.09. The summed E-state index contributed by atoms with van der Waals surface area (Å²) >= 11 is 0. The lowest BCUT2D eigenvalue weighted by molar-refractivity contribution is -0.565. The molecule has 0 unspecified atom stereocenters. The lowest BCUT2D eigenvalue weighted by atomic mass is 9.78. The number of pyridine rings is 1. The first kappa shape index (κ1) is 17.1. The van der Waals surface area contributed by atoms with E-state index in [1.807, 2.05) is 88.4 Å². The highest BCUT2D eigenvalue weighted by molar-refractivity contribution is 6.62. The molecule has 1 saturated heterocycles. The standard InChI is InChI=1S/C21H22BNO3/c1-20(2)21(3,4)26-22(25-20)17-12-10-16-11-13-18(23(24)19(16)14-17)15-8-6-5-7-9-15/h5-14H,1-4H3. The third-order valence-electron chi connectivity index (χ3n) is 5.51. The molecule has 5 heteroatoms. The van der Waals surface area contributed by atoms with Crippen LogP contribution in [0.2, 0.25) is 0 Å². The van der Waals surface area contributed by atoms with Crippen LogP contribution in [0.3, 0.4) is 0 Å². The fourth-order valence-electron chi connectivity index (χ4n) is 3.19. The Kier molecular flexibility index (Phi) is 3.83. The van der Waals surface area contributed by atoms with Crippen molar-refractivity contribution in [1.29, 1.82) is 0 Å². The van der Waals surface area contributed by atoms with Crippen LogP contribution in [0.4, 0.5) is 0 Å². The van der Waals surface area contributed by atoms with Gasteiger partial charge in [0.25, 0.3) is 0 Å². The third kappa shape index (κ3) is 2.68. The highest BCUT2D eigenvalue weighted by Crippen LogP contribution is 2.36. The molecule has 4 rings (SSSR count). The number of benzene rings is 2. The lowest BCUT2D eigenvalue weighted by Crippen LogP contribution is -2.41. The van der Waals surface area contributed by atoms with Gasteiger partial charge in [-0.25, -0.2) is 0 Å². The summed E-state index contributed by atoms with van der Waals surface area (Å²) in [5.74, 6) is 0. The molecule has 0 radical (unpaired) electrons. The van der Waals surface area contributed by atoms with Gasteiger partial charge >= 0.3 is 7.12 Å². The van der Waals surface area contributed by atoms with Gasteiger partial charge in [0.05, 0.1) is 11.2 Å². The Bertz CT molecular complexity index is 954. The number of nitrogens with zero attached hydrogens (tertiary/aromatic N) is 1. The first-order valence-electron chi connectivity index (χ1n) is 8.86. The second kappa shape index (κ2) is 5.83. The van der Waals surface area contributed by atoms with Crippen LogP contribution in [0.15, 0.2) is 60.7 Å². The molecule has 0 bridgehead atoms. The highest BCUT2D eigenvalue weighted by atomic mass is 16.7. The topological polar surface area (TPSA) is 45.4 Å². The Hall–Kier alpha value is -2.37. The predicted octanol–water partition coefficient (Wildman–Crippen LogP) is 3.44. The van der Waals surface area contributed by atoms with Gasteiger partial charge in [0, 0.05) is 23.1 Å². The maximum atomic E-state index is 13.0. The van der Waals surface area contributed by atoms with Crippen molar-refractivity contribution in [2.24, 2.45) is 0 Å². The summed E-state index contributed by atoms with van der Waals surface area (Å²) in [6.07, 6.45) is 0. The molecular formula is C21H22BNO3. The average molecular weight is 347 g/mol. The van der Waals surface area contributed by atoms with Crippen molar-refractivity contribution in [2.75, 3.05) is 0 Å². The summed E-state index contributed by atoms with van der Waals surface area (Å²) in [6, 6.07) is 19.3. The number of aromatic nitrogens is 1. The average Bonchev–Trinajstić information content (AvgIpc) is 2.83. The molecule has 2 heterocycles. The third-order valence-corrected chi connectivity index (χ3v) is 5.51. The Balaban J connectivity index is 1.79. The minimum absolute atomic E-state index is 0.411. The van der Waals surface area contributed by atoms with Gasteiger partial charge in [-0.3, -0.25) is 0 Å². The van der Waals surface area contributed by atoms with Crippen LogP contribution >= 0.6 is 0 Å². The van der Waals surface area contributed by atoms with Crippen LogP contribution in [-0.2, 0) is 9.31 Å². The SMILES string of the molecule is CC1(C)OB(c2ccc3ccc(-c4ccccc4)[n+]([O-])c3c2)OC1(C)C. The van der Waals surface area contributed by atoms with Crippen LogP contribution in [0.25, 0.3) is 22.2 Å². The van der Waals surface area contributed by atoms with E-state index in [9.17, 15) is 5.21 Å². The molecule has 132 valence electrons. The van der Waals surface area contributed by atoms with Gasteiger partial charge in [0.15, 0.2) is 0 Å². The quantitative estimate of drug-likeness (QED) is 0.405. The summed E-state index contributed by atoms with van der Waals surface area (Å²) in [7, 11) is -0.482. The van der Waals surface area contributed by atoms with Crippen LogP contribution < -0.4 is 10.2 Å². The van der Waals surface area contributed by atoms with Crippen molar-refractivity contribution in [1.82, 2.24) is 0 Å². The molecule has 0 atom stereocenters. The van der Waals surface area contributed by atoms with E-state index in [0.717, 1.165) is 21.1 Å². The second-order valence-corrected chi connectivity index (χ2v) is 7.79. The summed E-state index contributed by atoms with van der Waals surface area (Å²) < 4.78 is 13.2. The van der Waals surface area contributed by atoms with Crippen LogP contribution in [0, 0.1) is 5.21 Å². The molecular weight excluding hydrogens is 325 g/mol. The van der Waals surface area contributed by atoms with Crippen molar-refractivity contribution in [3.63, 3.8) is 0 Å². The van der Waals surface area contributed by atoms with E-state index in [0.29, 0.717) is 11.2 Å². The first-order valence-corrected chi connectivity index (χ1v) is 8.86. The molecule has 3 aromatic rings. The normalized spacial score (nSPS) is 18.4. The molecule has 1 aliphatic rings. The fourth-order valence-corrected chi connectivity index (χ4v) is 3.19. The monoisotopic (exact) mass is 347 g/mol. The Morgan fingerprint density at radius 3 is 2.12 bits per heavy atom. The van der Waals surface area contributed by atoms with E-state index >= 15 is 0 Å². The van der Waals surface area contributed by atoms with Gasteiger partial charge in [-0.1, -0.05) is 24.3 Å². The predicted molar refractivity (Wildman–Crippen MR) is 104 cm³/mol. The second-order valence-electron chi connectivity index (χ2n) is 7.79. The van der Waals surface area contributed by atoms with Gasteiger partial charge in [-0.05, 0) is 57.4 Å². The molecule has 2 aromatic carbocycles. The van der Waals surface area contributed by atoms with Crippen LogP contribution in [0.1, 0.15) is 27.7 Å². The van der Waals surface area contributed by atoms with E-state index in [2.05, 4.69) is 0 Å². The van der Waals surface area contributed by atoms with Gasteiger partial charge in [-0.15, -0.1) is 0 Å². The Morgan fingerprint density at radius 1 is 0.846 bits per heavy atom. The lowest BCUT2D eigenvalue weighted by Gasteiger charge is -2.32. The zero-order valence-corrected chi connectivity index (χ0v) is 15.5. The molecule has 26 heavy (non-hydrogen) atoms. The first-order chi connectivity index (χ1) is 12.3. The van der Waals surface area contributed by atoms with E-state index in [1.165, 1.54) is 0 Å². The highest BCUT2D eigenvalue weighted by Gasteiger charge is 2.51.